The zero-order chi connectivity index (χ0) is 12.1. The summed E-state index contributed by atoms with van der Waals surface area (Å²) in [4.78, 5) is 21.3. The highest BCUT2D eigenvalue weighted by atomic mass is 79.9. The quantitative estimate of drug-likeness (QED) is 0.522. The van der Waals surface area contributed by atoms with E-state index in [1.165, 1.54) is 6.07 Å². The smallest absolute Gasteiger partial charge is 0.272 e. The summed E-state index contributed by atoms with van der Waals surface area (Å²) in [5, 5.41) is 13.5. The Morgan fingerprint density at radius 3 is 2.81 bits per heavy atom. The van der Waals surface area contributed by atoms with E-state index in [1.807, 2.05) is 0 Å². The molecule has 5 nitrogen and oxygen atoms in total. The van der Waals surface area contributed by atoms with E-state index in [0.717, 1.165) is 5.56 Å². The van der Waals surface area contributed by atoms with Gasteiger partial charge < -0.3 is 5.32 Å². The number of hydrogen-bond acceptors (Lipinski definition) is 3. The van der Waals surface area contributed by atoms with Crippen LogP contribution in [0.4, 0.5) is 5.69 Å². The summed E-state index contributed by atoms with van der Waals surface area (Å²) in [7, 11) is 0. The van der Waals surface area contributed by atoms with Gasteiger partial charge in [0.1, 0.15) is 0 Å². The van der Waals surface area contributed by atoms with Crippen molar-refractivity contribution >= 4 is 27.5 Å². The summed E-state index contributed by atoms with van der Waals surface area (Å²) in [6.45, 7) is 1.98. The van der Waals surface area contributed by atoms with Gasteiger partial charge in [0.15, 0.2) is 0 Å². The second-order valence-corrected chi connectivity index (χ2v) is 3.79. The molecule has 0 bridgehead atoms. The first-order valence-electron chi connectivity index (χ1n) is 4.61. The van der Waals surface area contributed by atoms with Crippen molar-refractivity contribution in [1.29, 1.82) is 0 Å². The van der Waals surface area contributed by atoms with E-state index in [-0.39, 0.29) is 16.9 Å². The van der Waals surface area contributed by atoms with Gasteiger partial charge in [-0.25, -0.2) is 0 Å². The summed E-state index contributed by atoms with van der Waals surface area (Å²) in [5.41, 5.74) is 1.41. The number of rotatable bonds is 4. The molecule has 0 radical (unpaired) electrons. The molecule has 0 spiro atoms. The van der Waals surface area contributed by atoms with Crippen LogP contribution in [0.5, 0.6) is 0 Å². The molecule has 1 amide bonds. The highest BCUT2D eigenvalue weighted by molar-refractivity contribution is 9.09. The van der Waals surface area contributed by atoms with Crippen LogP contribution in [0.3, 0.4) is 0 Å². The van der Waals surface area contributed by atoms with Crippen LogP contribution in [0.2, 0.25) is 0 Å². The lowest BCUT2D eigenvalue weighted by molar-refractivity contribution is -0.385. The average molecular weight is 287 g/mol. The zero-order valence-corrected chi connectivity index (χ0v) is 10.3. The molecule has 0 aliphatic carbocycles. The molecule has 0 unspecified atom stereocenters. The highest BCUT2D eigenvalue weighted by Gasteiger charge is 2.13. The molecule has 1 aromatic rings. The second kappa shape index (κ2) is 5.60. The van der Waals surface area contributed by atoms with Gasteiger partial charge in [-0.3, -0.25) is 14.9 Å². The largest absolute Gasteiger partial charge is 0.351 e. The monoisotopic (exact) mass is 286 g/mol. The SMILES string of the molecule is Cc1c(CNC(=O)CBr)cccc1[N+](=O)[O-]. The van der Waals surface area contributed by atoms with Crippen molar-refractivity contribution in [2.45, 2.75) is 13.5 Å². The molecule has 0 saturated heterocycles. The summed E-state index contributed by atoms with van der Waals surface area (Å²) in [6.07, 6.45) is 0. The van der Waals surface area contributed by atoms with Crippen molar-refractivity contribution in [3.8, 4) is 0 Å². The van der Waals surface area contributed by atoms with E-state index in [2.05, 4.69) is 21.2 Å². The third kappa shape index (κ3) is 3.03. The number of hydrogen-bond donors (Lipinski definition) is 1. The maximum absolute atomic E-state index is 11.0. The fourth-order valence-electron chi connectivity index (χ4n) is 1.30. The predicted octanol–water partition coefficient (Wildman–Crippen LogP) is 1.91. The van der Waals surface area contributed by atoms with Crippen LogP contribution in [0.25, 0.3) is 0 Å². The third-order valence-corrected chi connectivity index (χ3v) is 2.72. The molecule has 1 rings (SSSR count). The third-order valence-electron chi connectivity index (χ3n) is 2.21. The van der Waals surface area contributed by atoms with Crippen LogP contribution in [0.15, 0.2) is 18.2 Å². The number of carbonyl (C=O) groups excluding carboxylic acids is 1. The fraction of sp³-hybridized carbons (Fsp3) is 0.300. The molecular weight excluding hydrogens is 276 g/mol. The lowest BCUT2D eigenvalue weighted by atomic mass is 10.1. The number of benzene rings is 1. The molecule has 0 atom stereocenters. The molecule has 0 aromatic heterocycles. The molecule has 0 aliphatic rings. The van der Waals surface area contributed by atoms with E-state index >= 15 is 0 Å². The summed E-state index contributed by atoms with van der Waals surface area (Å²) in [5.74, 6) is -0.147. The first-order chi connectivity index (χ1) is 7.56. The average Bonchev–Trinajstić information content (AvgIpc) is 2.26. The van der Waals surface area contributed by atoms with Crippen molar-refractivity contribution in [3.63, 3.8) is 0 Å². The van der Waals surface area contributed by atoms with Gasteiger partial charge in [-0.15, -0.1) is 0 Å². The minimum absolute atomic E-state index is 0.0746. The summed E-state index contributed by atoms with van der Waals surface area (Å²) < 4.78 is 0. The van der Waals surface area contributed by atoms with E-state index in [1.54, 1.807) is 19.1 Å². The number of nitro benzene ring substituents is 1. The number of nitrogens with zero attached hydrogens (tertiary/aromatic N) is 1. The second-order valence-electron chi connectivity index (χ2n) is 3.23. The van der Waals surface area contributed by atoms with E-state index in [9.17, 15) is 14.9 Å². The predicted molar refractivity (Wildman–Crippen MR) is 63.5 cm³/mol. The number of nitrogens with one attached hydrogen (secondary N) is 1. The first-order valence-corrected chi connectivity index (χ1v) is 5.74. The Bertz CT molecular complexity index is 421. The molecule has 1 N–H and O–H groups in total. The number of amides is 1. The Kier molecular flexibility index (Phi) is 4.42. The van der Waals surface area contributed by atoms with Crippen LogP contribution < -0.4 is 5.32 Å². The van der Waals surface area contributed by atoms with Gasteiger partial charge in [-0.1, -0.05) is 28.1 Å². The van der Waals surface area contributed by atoms with Crippen LogP contribution in [0, 0.1) is 17.0 Å². The number of alkyl halides is 1. The van der Waals surface area contributed by atoms with E-state index in [4.69, 9.17) is 0 Å². The molecule has 86 valence electrons. The summed E-state index contributed by atoms with van der Waals surface area (Å²) in [6, 6.07) is 4.82. The maximum atomic E-state index is 11.0. The Morgan fingerprint density at radius 2 is 2.25 bits per heavy atom. The molecule has 0 heterocycles. The minimum Gasteiger partial charge on any atom is -0.351 e. The standard InChI is InChI=1S/C10H11BrN2O3/c1-7-8(6-12-10(14)5-11)3-2-4-9(7)13(15)16/h2-4H,5-6H2,1H3,(H,12,14). The molecule has 6 heteroatoms. The fourth-order valence-corrected chi connectivity index (χ4v) is 1.50. The van der Waals surface area contributed by atoms with Crippen molar-refractivity contribution in [2.24, 2.45) is 0 Å². The van der Waals surface area contributed by atoms with Gasteiger partial charge in [-0.2, -0.15) is 0 Å². The van der Waals surface area contributed by atoms with Gasteiger partial charge in [0.2, 0.25) is 5.91 Å². The van der Waals surface area contributed by atoms with Crippen LogP contribution in [-0.2, 0) is 11.3 Å². The van der Waals surface area contributed by atoms with Gasteiger partial charge in [-0.05, 0) is 12.5 Å². The maximum Gasteiger partial charge on any atom is 0.272 e. The topological polar surface area (TPSA) is 72.2 Å². The van der Waals surface area contributed by atoms with Crippen LogP contribution >= 0.6 is 15.9 Å². The minimum atomic E-state index is -0.425. The molecular formula is C10H11BrN2O3. The van der Waals surface area contributed by atoms with Gasteiger partial charge in [0.25, 0.3) is 5.69 Å². The molecule has 0 saturated carbocycles. The van der Waals surface area contributed by atoms with Crippen molar-refractivity contribution in [3.05, 3.63) is 39.4 Å². The van der Waals surface area contributed by atoms with Crippen molar-refractivity contribution < 1.29 is 9.72 Å². The Balaban J connectivity index is 2.85. The summed E-state index contributed by atoms with van der Waals surface area (Å²) >= 11 is 3.02. The van der Waals surface area contributed by atoms with Crippen molar-refractivity contribution in [2.75, 3.05) is 5.33 Å². The first kappa shape index (κ1) is 12.6. The van der Waals surface area contributed by atoms with Crippen molar-refractivity contribution in [1.82, 2.24) is 5.32 Å². The van der Waals surface area contributed by atoms with Crippen LogP contribution in [0.1, 0.15) is 11.1 Å². The molecule has 0 aliphatic heterocycles. The van der Waals surface area contributed by atoms with Gasteiger partial charge in [0, 0.05) is 18.2 Å². The Labute approximate surface area is 101 Å². The van der Waals surface area contributed by atoms with Gasteiger partial charge in [0.05, 0.1) is 10.3 Å². The zero-order valence-electron chi connectivity index (χ0n) is 8.70. The lowest BCUT2D eigenvalue weighted by Gasteiger charge is -2.06. The van der Waals surface area contributed by atoms with E-state index < -0.39 is 4.92 Å². The van der Waals surface area contributed by atoms with Crippen LogP contribution in [-0.4, -0.2) is 16.2 Å². The number of carbonyl (C=O) groups is 1. The van der Waals surface area contributed by atoms with Gasteiger partial charge >= 0.3 is 0 Å². The highest BCUT2D eigenvalue weighted by Crippen LogP contribution is 2.20. The number of halogens is 1. The number of nitro groups is 1. The van der Waals surface area contributed by atoms with E-state index in [0.29, 0.717) is 12.1 Å². The normalized spacial score (nSPS) is 9.88. The Hall–Kier alpha value is -1.43. The molecule has 16 heavy (non-hydrogen) atoms. The molecule has 1 aromatic carbocycles. The lowest BCUT2D eigenvalue weighted by Crippen LogP contribution is -2.24. The molecule has 0 fully saturated rings. The Morgan fingerprint density at radius 1 is 1.56 bits per heavy atom.